The first kappa shape index (κ1) is 24.7. The fraction of sp³-hybridized carbons (Fsp3) is 0.571. The number of pyridine rings is 1. The first-order chi connectivity index (χ1) is 16.7. The molecule has 0 aliphatic carbocycles. The summed E-state index contributed by atoms with van der Waals surface area (Å²) in [4.78, 5) is 24.8. The van der Waals surface area contributed by atoms with Crippen molar-refractivity contribution in [1.29, 1.82) is 0 Å². The van der Waals surface area contributed by atoms with Crippen molar-refractivity contribution in [2.24, 2.45) is 0 Å². The van der Waals surface area contributed by atoms with Crippen LogP contribution in [0.2, 0.25) is 0 Å². The van der Waals surface area contributed by atoms with Crippen LogP contribution < -0.4 is 9.64 Å². The van der Waals surface area contributed by atoms with E-state index in [4.69, 9.17) is 4.74 Å². The van der Waals surface area contributed by atoms with Crippen LogP contribution in [0, 0.1) is 0 Å². The number of ether oxygens (including phenoxy) is 1. The zero-order valence-corrected chi connectivity index (χ0v) is 20.9. The van der Waals surface area contributed by atoms with Gasteiger partial charge in [-0.25, -0.2) is 4.98 Å². The highest BCUT2D eigenvalue weighted by atomic mass is 16.5. The molecule has 0 radical (unpaired) electrons. The lowest BCUT2D eigenvalue weighted by atomic mass is 9.89. The Labute approximate surface area is 204 Å². The summed E-state index contributed by atoms with van der Waals surface area (Å²) < 4.78 is 5.59. The summed E-state index contributed by atoms with van der Waals surface area (Å²) in [6.45, 7) is 7.38. The fourth-order valence-corrected chi connectivity index (χ4v) is 5.58. The summed E-state index contributed by atoms with van der Waals surface area (Å²) >= 11 is 0. The zero-order chi connectivity index (χ0) is 23.8. The van der Waals surface area contributed by atoms with Crippen LogP contribution in [0.5, 0.6) is 5.75 Å². The van der Waals surface area contributed by atoms with Crippen LogP contribution in [0.1, 0.15) is 56.9 Å². The van der Waals surface area contributed by atoms with Crippen LogP contribution in [0.4, 0.5) is 5.82 Å². The number of para-hydroxylation sites is 1. The van der Waals surface area contributed by atoms with Crippen LogP contribution >= 0.6 is 0 Å². The van der Waals surface area contributed by atoms with E-state index in [1.807, 2.05) is 29.2 Å². The van der Waals surface area contributed by atoms with Crippen LogP contribution in [0.3, 0.4) is 0 Å². The van der Waals surface area contributed by atoms with Gasteiger partial charge >= 0.3 is 0 Å². The Kier molecular flexibility index (Phi) is 8.94. The summed E-state index contributed by atoms with van der Waals surface area (Å²) in [6, 6.07) is 14.8. The maximum Gasteiger partial charge on any atom is 0.242 e. The van der Waals surface area contributed by atoms with Crippen LogP contribution in [0.25, 0.3) is 0 Å². The predicted octanol–water partition coefficient (Wildman–Crippen LogP) is 4.57. The van der Waals surface area contributed by atoms with Gasteiger partial charge in [0.1, 0.15) is 11.6 Å². The molecule has 6 heteroatoms. The molecule has 2 aliphatic rings. The van der Waals surface area contributed by atoms with Gasteiger partial charge < -0.3 is 9.64 Å². The van der Waals surface area contributed by atoms with Crippen molar-refractivity contribution in [3.8, 4) is 5.75 Å². The lowest BCUT2D eigenvalue weighted by molar-refractivity contribution is -0.120. The second-order valence-corrected chi connectivity index (χ2v) is 9.62. The van der Waals surface area contributed by atoms with Gasteiger partial charge in [0.15, 0.2) is 0 Å². The molecule has 0 N–H and O–H groups in total. The molecule has 184 valence electrons. The van der Waals surface area contributed by atoms with Gasteiger partial charge in [0.2, 0.25) is 5.91 Å². The molecule has 4 rings (SSSR count). The quantitative estimate of drug-likeness (QED) is 0.544. The molecule has 2 aromatic rings. The Balaban J connectivity index is 1.36. The molecule has 6 nitrogen and oxygen atoms in total. The van der Waals surface area contributed by atoms with Crippen molar-refractivity contribution >= 4 is 11.7 Å². The summed E-state index contributed by atoms with van der Waals surface area (Å²) in [5.41, 5.74) is 1.32. The van der Waals surface area contributed by atoms with Gasteiger partial charge in [0, 0.05) is 25.3 Å². The summed E-state index contributed by atoms with van der Waals surface area (Å²) in [5, 5.41) is 0. The first-order valence-corrected chi connectivity index (χ1v) is 13.0. The fourth-order valence-electron chi connectivity index (χ4n) is 5.58. The Bertz CT molecular complexity index is 898. The van der Waals surface area contributed by atoms with Crippen LogP contribution in [-0.4, -0.2) is 73.1 Å². The number of benzene rings is 1. The molecule has 1 aromatic heterocycles. The summed E-state index contributed by atoms with van der Waals surface area (Å²) in [5.74, 6) is 2.46. The highest BCUT2D eigenvalue weighted by Gasteiger charge is 2.27. The Morgan fingerprint density at radius 2 is 1.85 bits per heavy atom. The van der Waals surface area contributed by atoms with E-state index in [1.54, 1.807) is 13.3 Å². The number of nitrogens with zero attached hydrogens (tertiary/aromatic N) is 4. The highest BCUT2D eigenvalue weighted by molar-refractivity contribution is 5.93. The van der Waals surface area contributed by atoms with Gasteiger partial charge in [0.05, 0.1) is 13.7 Å². The molecule has 2 fully saturated rings. The van der Waals surface area contributed by atoms with Gasteiger partial charge in [-0.05, 0) is 81.4 Å². The molecule has 1 unspecified atom stereocenters. The number of aromatic nitrogens is 1. The van der Waals surface area contributed by atoms with E-state index in [1.165, 1.54) is 24.8 Å². The van der Waals surface area contributed by atoms with E-state index in [0.717, 1.165) is 57.0 Å². The standard InChI is InChI=1S/C28H40N4O2/c1-3-24-10-7-9-17-31(24)22-28(33)32(27-13-6-8-16-29-27)21-20-30-18-14-23(15-19-30)25-11-4-5-12-26(25)34-2/h4-6,8,11-13,16,23-24H,3,7,9-10,14-15,17-22H2,1-2H3. The molecule has 1 aromatic carbocycles. The number of carbonyl (C=O) groups excluding carboxylic acids is 1. The molecular weight excluding hydrogens is 424 g/mol. The van der Waals surface area contributed by atoms with E-state index in [-0.39, 0.29) is 5.91 Å². The average Bonchev–Trinajstić information content (AvgIpc) is 2.90. The third kappa shape index (κ3) is 6.16. The lowest BCUT2D eigenvalue weighted by Crippen LogP contribution is -2.49. The summed E-state index contributed by atoms with van der Waals surface area (Å²) in [6.07, 6.45) is 8.79. The Morgan fingerprint density at radius 1 is 1.06 bits per heavy atom. The second kappa shape index (κ2) is 12.3. The molecule has 0 spiro atoms. The van der Waals surface area contributed by atoms with Crippen molar-refractivity contribution in [3.63, 3.8) is 0 Å². The molecule has 1 amide bonds. The Hall–Kier alpha value is -2.44. The van der Waals surface area contributed by atoms with E-state index in [9.17, 15) is 4.79 Å². The van der Waals surface area contributed by atoms with Gasteiger partial charge in [-0.3, -0.25) is 14.6 Å². The number of amides is 1. The smallest absolute Gasteiger partial charge is 0.242 e. The van der Waals surface area contributed by atoms with Gasteiger partial charge in [0.25, 0.3) is 0 Å². The monoisotopic (exact) mass is 464 g/mol. The van der Waals surface area contributed by atoms with Crippen molar-refractivity contribution < 1.29 is 9.53 Å². The number of likely N-dealkylation sites (tertiary alicyclic amines) is 2. The maximum absolute atomic E-state index is 13.5. The molecule has 1 atom stereocenters. The topological polar surface area (TPSA) is 48.9 Å². The number of hydrogen-bond donors (Lipinski definition) is 0. The van der Waals surface area contributed by atoms with Gasteiger partial charge in [-0.1, -0.05) is 37.6 Å². The molecule has 0 bridgehead atoms. The third-order valence-corrected chi connectivity index (χ3v) is 7.59. The largest absolute Gasteiger partial charge is 0.496 e. The van der Waals surface area contributed by atoms with E-state index in [0.29, 0.717) is 25.0 Å². The number of carbonyl (C=O) groups is 1. The van der Waals surface area contributed by atoms with Crippen molar-refractivity contribution in [2.45, 2.75) is 57.4 Å². The van der Waals surface area contributed by atoms with E-state index < -0.39 is 0 Å². The molecule has 3 heterocycles. The van der Waals surface area contributed by atoms with E-state index in [2.05, 4.69) is 39.9 Å². The third-order valence-electron chi connectivity index (χ3n) is 7.59. The molecular formula is C28H40N4O2. The molecule has 0 saturated carbocycles. The summed E-state index contributed by atoms with van der Waals surface area (Å²) in [7, 11) is 1.75. The normalized spacial score (nSPS) is 20.2. The SMILES string of the molecule is CCC1CCCCN1CC(=O)N(CCN1CCC(c2ccccc2OC)CC1)c1ccccn1. The van der Waals surface area contributed by atoms with Crippen molar-refractivity contribution in [1.82, 2.24) is 14.8 Å². The number of methoxy groups -OCH3 is 1. The van der Waals surface area contributed by atoms with Crippen LogP contribution in [-0.2, 0) is 4.79 Å². The second-order valence-electron chi connectivity index (χ2n) is 9.62. The lowest BCUT2D eigenvalue weighted by Gasteiger charge is -2.37. The van der Waals surface area contributed by atoms with Crippen molar-refractivity contribution in [2.75, 3.05) is 51.3 Å². The van der Waals surface area contributed by atoms with Gasteiger partial charge in [-0.15, -0.1) is 0 Å². The van der Waals surface area contributed by atoms with Crippen LogP contribution in [0.15, 0.2) is 48.7 Å². The van der Waals surface area contributed by atoms with E-state index >= 15 is 0 Å². The molecule has 2 aliphatic heterocycles. The number of rotatable bonds is 9. The number of anilines is 1. The minimum atomic E-state index is 0.169. The average molecular weight is 465 g/mol. The predicted molar refractivity (Wildman–Crippen MR) is 138 cm³/mol. The first-order valence-electron chi connectivity index (χ1n) is 13.0. The minimum absolute atomic E-state index is 0.169. The minimum Gasteiger partial charge on any atom is -0.496 e. The molecule has 34 heavy (non-hydrogen) atoms. The maximum atomic E-state index is 13.5. The zero-order valence-electron chi connectivity index (χ0n) is 20.9. The number of piperidine rings is 2. The number of hydrogen-bond acceptors (Lipinski definition) is 5. The molecule has 2 saturated heterocycles. The van der Waals surface area contributed by atoms with Gasteiger partial charge in [-0.2, -0.15) is 0 Å². The van der Waals surface area contributed by atoms with Crippen molar-refractivity contribution in [3.05, 3.63) is 54.2 Å². The highest BCUT2D eigenvalue weighted by Crippen LogP contribution is 2.34. The Morgan fingerprint density at radius 3 is 2.59 bits per heavy atom.